The van der Waals surface area contributed by atoms with E-state index in [2.05, 4.69) is 9.97 Å². The molecule has 4 nitrogen and oxygen atoms in total. The molecular formula is C8H9N3O. The second-order valence-electron chi connectivity index (χ2n) is 2.77. The Labute approximate surface area is 68.9 Å². The zero-order valence-corrected chi connectivity index (χ0v) is 6.96. The smallest absolute Gasteiger partial charge is 0.249 e. The standard InChI is InChI=1S/C8H9N3O/c1-5-9-6-3-4-7(12)10-8(6)11(5)2/h3-4H,1-2H3,(H,10,12). The molecule has 2 rings (SSSR count). The third-order valence-corrected chi connectivity index (χ3v) is 1.98. The molecule has 0 saturated carbocycles. The van der Waals surface area contributed by atoms with Crippen molar-refractivity contribution in [3.05, 3.63) is 28.3 Å². The van der Waals surface area contributed by atoms with Gasteiger partial charge >= 0.3 is 0 Å². The van der Waals surface area contributed by atoms with E-state index in [4.69, 9.17) is 0 Å². The average molecular weight is 163 g/mol. The monoisotopic (exact) mass is 163 g/mol. The molecule has 0 unspecified atom stereocenters. The summed E-state index contributed by atoms with van der Waals surface area (Å²) < 4.78 is 1.86. The first-order valence-corrected chi connectivity index (χ1v) is 3.71. The van der Waals surface area contributed by atoms with Crippen LogP contribution in [0.4, 0.5) is 0 Å². The highest BCUT2D eigenvalue weighted by atomic mass is 16.1. The summed E-state index contributed by atoms with van der Waals surface area (Å²) in [4.78, 5) is 17.9. The average Bonchev–Trinajstić information content (AvgIpc) is 2.31. The maximum atomic E-state index is 10.9. The van der Waals surface area contributed by atoms with Crippen molar-refractivity contribution in [3.63, 3.8) is 0 Å². The Kier molecular flexibility index (Phi) is 1.30. The Morgan fingerprint density at radius 3 is 3.00 bits per heavy atom. The van der Waals surface area contributed by atoms with Gasteiger partial charge in [-0.3, -0.25) is 4.79 Å². The van der Waals surface area contributed by atoms with Crippen molar-refractivity contribution in [1.82, 2.24) is 14.5 Å². The van der Waals surface area contributed by atoms with E-state index in [-0.39, 0.29) is 5.56 Å². The topological polar surface area (TPSA) is 50.7 Å². The molecule has 0 radical (unpaired) electrons. The summed E-state index contributed by atoms with van der Waals surface area (Å²) in [5.41, 5.74) is 1.51. The minimum atomic E-state index is -0.0921. The van der Waals surface area contributed by atoms with Crippen LogP contribution in [0.1, 0.15) is 5.82 Å². The van der Waals surface area contributed by atoms with Gasteiger partial charge in [0.1, 0.15) is 17.0 Å². The van der Waals surface area contributed by atoms with Crippen LogP contribution in [0, 0.1) is 6.92 Å². The quantitative estimate of drug-likeness (QED) is 0.617. The van der Waals surface area contributed by atoms with Crippen LogP contribution < -0.4 is 5.56 Å². The van der Waals surface area contributed by atoms with Crippen LogP contribution in [0.2, 0.25) is 0 Å². The minimum absolute atomic E-state index is 0.0921. The van der Waals surface area contributed by atoms with Crippen LogP contribution in [0.3, 0.4) is 0 Å². The summed E-state index contributed by atoms with van der Waals surface area (Å²) >= 11 is 0. The first kappa shape index (κ1) is 7.09. The molecule has 0 aromatic carbocycles. The van der Waals surface area contributed by atoms with Crippen LogP contribution in [-0.2, 0) is 7.05 Å². The molecule has 0 spiro atoms. The number of aromatic nitrogens is 3. The van der Waals surface area contributed by atoms with Crippen molar-refractivity contribution >= 4 is 11.2 Å². The highest BCUT2D eigenvalue weighted by Gasteiger charge is 2.02. The number of pyridine rings is 1. The highest BCUT2D eigenvalue weighted by Crippen LogP contribution is 2.08. The molecule has 0 fully saturated rings. The van der Waals surface area contributed by atoms with Gasteiger partial charge in [-0.25, -0.2) is 4.98 Å². The van der Waals surface area contributed by atoms with E-state index in [1.165, 1.54) is 6.07 Å². The molecule has 0 aliphatic rings. The van der Waals surface area contributed by atoms with Crippen LogP contribution in [0.5, 0.6) is 0 Å². The van der Waals surface area contributed by atoms with E-state index < -0.39 is 0 Å². The molecule has 4 heteroatoms. The van der Waals surface area contributed by atoms with Gasteiger partial charge in [-0.2, -0.15) is 0 Å². The van der Waals surface area contributed by atoms with Crippen molar-refractivity contribution in [2.45, 2.75) is 6.92 Å². The number of rotatable bonds is 0. The number of fused-ring (bicyclic) bond motifs is 1. The van der Waals surface area contributed by atoms with E-state index in [1.54, 1.807) is 6.07 Å². The van der Waals surface area contributed by atoms with Gasteiger partial charge in [0.15, 0.2) is 0 Å². The second kappa shape index (κ2) is 2.20. The van der Waals surface area contributed by atoms with Gasteiger partial charge < -0.3 is 9.55 Å². The molecule has 12 heavy (non-hydrogen) atoms. The van der Waals surface area contributed by atoms with Crippen molar-refractivity contribution < 1.29 is 0 Å². The van der Waals surface area contributed by atoms with E-state index in [0.717, 1.165) is 17.0 Å². The third kappa shape index (κ3) is 0.845. The SMILES string of the molecule is Cc1nc2ccc(=O)[nH]c2n1C. The Balaban J connectivity index is 2.98. The number of aryl methyl sites for hydroxylation is 2. The molecule has 1 N–H and O–H groups in total. The number of nitrogens with one attached hydrogen (secondary N) is 1. The predicted molar refractivity (Wildman–Crippen MR) is 46.1 cm³/mol. The van der Waals surface area contributed by atoms with Gasteiger partial charge in [0.2, 0.25) is 5.56 Å². The summed E-state index contributed by atoms with van der Waals surface area (Å²) in [7, 11) is 1.88. The van der Waals surface area contributed by atoms with Crippen LogP contribution >= 0.6 is 0 Å². The zero-order valence-electron chi connectivity index (χ0n) is 6.96. The molecule has 0 aliphatic carbocycles. The molecule has 2 aromatic rings. The fourth-order valence-electron chi connectivity index (χ4n) is 1.21. The highest BCUT2D eigenvalue weighted by molar-refractivity contribution is 5.70. The summed E-state index contributed by atoms with van der Waals surface area (Å²) in [5.74, 6) is 0.895. The van der Waals surface area contributed by atoms with Gasteiger partial charge in [-0.15, -0.1) is 0 Å². The van der Waals surface area contributed by atoms with Crippen molar-refractivity contribution in [3.8, 4) is 0 Å². The first-order valence-electron chi connectivity index (χ1n) is 3.71. The lowest BCUT2D eigenvalue weighted by Crippen LogP contribution is -2.04. The van der Waals surface area contributed by atoms with Gasteiger partial charge in [0, 0.05) is 13.1 Å². The van der Waals surface area contributed by atoms with E-state index in [1.807, 2.05) is 18.5 Å². The summed E-state index contributed by atoms with van der Waals surface area (Å²) in [5, 5.41) is 0. The number of nitrogens with zero attached hydrogens (tertiary/aromatic N) is 2. The van der Waals surface area contributed by atoms with Gasteiger partial charge in [-0.05, 0) is 13.0 Å². The van der Waals surface area contributed by atoms with Gasteiger partial charge in [0.05, 0.1) is 0 Å². The summed E-state index contributed by atoms with van der Waals surface area (Å²) in [6.45, 7) is 1.90. The number of imidazole rings is 1. The van der Waals surface area contributed by atoms with Crippen LogP contribution in [0.25, 0.3) is 11.2 Å². The van der Waals surface area contributed by atoms with Gasteiger partial charge in [-0.1, -0.05) is 0 Å². The minimum Gasteiger partial charge on any atom is -0.318 e. The number of H-pyrrole nitrogens is 1. The van der Waals surface area contributed by atoms with E-state index >= 15 is 0 Å². The molecule has 2 heterocycles. The molecule has 0 amide bonds. The van der Waals surface area contributed by atoms with E-state index in [0.29, 0.717) is 0 Å². The van der Waals surface area contributed by atoms with Crippen molar-refractivity contribution in [2.75, 3.05) is 0 Å². The molecule has 0 bridgehead atoms. The van der Waals surface area contributed by atoms with Crippen LogP contribution in [0.15, 0.2) is 16.9 Å². The predicted octanol–water partition coefficient (Wildman–Crippen LogP) is 0.570. The number of hydrogen-bond acceptors (Lipinski definition) is 2. The first-order chi connectivity index (χ1) is 5.68. The van der Waals surface area contributed by atoms with E-state index in [9.17, 15) is 4.79 Å². The maximum absolute atomic E-state index is 10.9. The van der Waals surface area contributed by atoms with Crippen LogP contribution in [-0.4, -0.2) is 14.5 Å². The molecular weight excluding hydrogens is 154 g/mol. The second-order valence-corrected chi connectivity index (χ2v) is 2.77. The Bertz CT molecular complexity index is 480. The van der Waals surface area contributed by atoms with Crippen molar-refractivity contribution in [2.24, 2.45) is 7.05 Å². The summed E-state index contributed by atoms with van der Waals surface area (Å²) in [6, 6.07) is 3.20. The molecule has 62 valence electrons. The Morgan fingerprint density at radius 1 is 1.50 bits per heavy atom. The lowest BCUT2D eigenvalue weighted by atomic mass is 10.4. The fourth-order valence-corrected chi connectivity index (χ4v) is 1.21. The molecule has 0 atom stereocenters. The zero-order chi connectivity index (χ0) is 8.72. The molecule has 0 aliphatic heterocycles. The lowest BCUT2D eigenvalue weighted by molar-refractivity contribution is 0.872. The Morgan fingerprint density at radius 2 is 2.25 bits per heavy atom. The largest absolute Gasteiger partial charge is 0.318 e. The Hall–Kier alpha value is -1.58. The third-order valence-electron chi connectivity index (χ3n) is 1.98. The normalized spacial score (nSPS) is 10.8. The number of hydrogen-bond donors (Lipinski definition) is 1. The maximum Gasteiger partial charge on any atom is 0.249 e. The molecule has 2 aromatic heterocycles. The number of aromatic amines is 1. The van der Waals surface area contributed by atoms with Crippen molar-refractivity contribution in [1.29, 1.82) is 0 Å². The fraction of sp³-hybridized carbons (Fsp3) is 0.250. The molecule has 0 saturated heterocycles. The summed E-state index contributed by atoms with van der Waals surface area (Å²) in [6.07, 6.45) is 0. The van der Waals surface area contributed by atoms with Gasteiger partial charge in [0.25, 0.3) is 0 Å². The lowest BCUT2D eigenvalue weighted by Gasteiger charge is -1.93.